The smallest absolute Gasteiger partial charge is 0.0869 e. The highest BCUT2D eigenvalue weighted by molar-refractivity contribution is 5.33. The molecule has 0 N–H and O–H groups in total. The Labute approximate surface area is 60.4 Å². The summed E-state index contributed by atoms with van der Waals surface area (Å²) in [6.45, 7) is 0. The standard InChI is InChI=1S/C9H11F/c10-4-3-9-6-7-1-2-8(9)5-7/h3-4,7H,1-2,5-6H2. The van der Waals surface area contributed by atoms with Crippen LogP contribution in [0.25, 0.3) is 0 Å². The maximum atomic E-state index is 11.8. The first kappa shape index (κ1) is 6.14. The van der Waals surface area contributed by atoms with Gasteiger partial charge in [-0.2, -0.15) is 0 Å². The van der Waals surface area contributed by atoms with Crippen LogP contribution in [0.15, 0.2) is 23.6 Å². The minimum absolute atomic E-state index is 0.670. The van der Waals surface area contributed by atoms with Crippen molar-refractivity contribution < 1.29 is 4.39 Å². The molecule has 1 saturated carbocycles. The Morgan fingerprint density at radius 3 is 2.80 bits per heavy atom. The fraction of sp³-hybridized carbons (Fsp3) is 0.556. The number of rotatable bonds is 1. The van der Waals surface area contributed by atoms with E-state index in [2.05, 4.69) is 0 Å². The summed E-state index contributed by atoms with van der Waals surface area (Å²) in [5.74, 6) is 0.862. The van der Waals surface area contributed by atoms with Gasteiger partial charge < -0.3 is 0 Å². The van der Waals surface area contributed by atoms with E-state index in [-0.39, 0.29) is 0 Å². The fourth-order valence-electron chi connectivity index (χ4n) is 2.11. The number of halogens is 1. The van der Waals surface area contributed by atoms with E-state index in [1.807, 2.05) is 0 Å². The fourth-order valence-corrected chi connectivity index (χ4v) is 2.11. The molecule has 0 aromatic carbocycles. The Morgan fingerprint density at radius 2 is 2.30 bits per heavy atom. The lowest BCUT2D eigenvalue weighted by molar-refractivity contribution is 0.567. The Morgan fingerprint density at radius 1 is 1.40 bits per heavy atom. The van der Waals surface area contributed by atoms with Crippen molar-refractivity contribution in [1.29, 1.82) is 0 Å². The Balaban J connectivity index is 2.22. The van der Waals surface area contributed by atoms with Gasteiger partial charge in [0.15, 0.2) is 0 Å². The van der Waals surface area contributed by atoms with E-state index in [1.54, 1.807) is 6.08 Å². The maximum Gasteiger partial charge on any atom is 0.0869 e. The Kier molecular flexibility index (Phi) is 1.37. The summed E-state index contributed by atoms with van der Waals surface area (Å²) >= 11 is 0. The lowest BCUT2D eigenvalue weighted by Crippen LogP contribution is -1.91. The molecule has 1 atom stereocenters. The summed E-state index contributed by atoms with van der Waals surface area (Å²) in [7, 11) is 0. The lowest BCUT2D eigenvalue weighted by Gasteiger charge is -2.06. The van der Waals surface area contributed by atoms with Crippen LogP contribution in [0.5, 0.6) is 0 Å². The third-order valence-electron chi connectivity index (χ3n) is 2.62. The second-order valence-electron chi connectivity index (χ2n) is 3.23. The van der Waals surface area contributed by atoms with Crippen molar-refractivity contribution in [2.24, 2.45) is 5.92 Å². The number of fused-ring (bicyclic) bond motifs is 2. The molecule has 2 aliphatic carbocycles. The van der Waals surface area contributed by atoms with Gasteiger partial charge in [0.1, 0.15) is 0 Å². The van der Waals surface area contributed by atoms with Crippen molar-refractivity contribution in [3.8, 4) is 0 Å². The van der Waals surface area contributed by atoms with Crippen molar-refractivity contribution in [2.45, 2.75) is 25.7 Å². The molecule has 2 aliphatic rings. The summed E-state index contributed by atoms with van der Waals surface area (Å²) in [5, 5.41) is 0. The van der Waals surface area contributed by atoms with E-state index in [0.717, 1.165) is 12.3 Å². The van der Waals surface area contributed by atoms with Gasteiger partial charge in [-0.3, -0.25) is 0 Å². The van der Waals surface area contributed by atoms with Crippen molar-refractivity contribution in [3.63, 3.8) is 0 Å². The third-order valence-corrected chi connectivity index (χ3v) is 2.62. The van der Waals surface area contributed by atoms with Crippen molar-refractivity contribution >= 4 is 0 Å². The van der Waals surface area contributed by atoms with Crippen LogP contribution >= 0.6 is 0 Å². The first-order valence-corrected chi connectivity index (χ1v) is 3.88. The molecule has 2 rings (SSSR count). The van der Waals surface area contributed by atoms with Crippen LogP contribution in [-0.2, 0) is 0 Å². The number of hydrogen-bond donors (Lipinski definition) is 0. The zero-order chi connectivity index (χ0) is 6.97. The van der Waals surface area contributed by atoms with Crippen LogP contribution in [0.4, 0.5) is 4.39 Å². The number of hydrogen-bond acceptors (Lipinski definition) is 0. The maximum absolute atomic E-state index is 11.8. The minimum Gasteiger partial charge on any atom is -0.216 e. The Hall–Kier alpha value is -0.590. The van der Waals surface area contributed by atoms with Crippen LogP contribution in [0.2, 0.25) is 0 Å². The van der Waals surface area contributed by atoms with E-state index in [1.165, 1.54) is 30.4 Å². The van der Waals surface area contributed by atoms with Gasteiger partial charge in [-0.15, -0.1) is 0 Å². The predicted octanol–water partition coefficient (Wildman–Crippen LogP) is 2.97. The molecule has 0 radical (unpaired) electrons. The quantitative estimate of drug-likeness (QED) is 0.522. The molecular formula is C9H11F. The molecule has 0 nitrogen and oxygen atoms in total. The molecule has 0 saturated heterocycles. The van der Waals surface area contributed by atoms with Gasteiger partial charge in [-0.1, -0.05) is 5.57 Å². The molecule has 0 spiro atoms. The molecule has 2 bridgehead atoms. The molecule has 0 aromatic rings. The molecule has 1 unspecified atom stereocenters. The van der Waals surface area contributed by atoms with Gasteiger partial charge in [-0.25, -0.2) is 4.39 Å². The molecule has 54 valence electrons. The topological polar surface area (TPSA) is 0 Å². The van der Waals surface area contributed by atoms with Crippen molar-refractivity contribution in [1.82, 2.24) is 0 Å². The molecule has 1 fully saturated rings. The molecule has 0 amide bonds. The lowest BCUT2D eigenvalue weighted by atomic mass is 9.99. The van der Waals surface area contributed by atoms with Gasteiger partial charge in [0.05, 0.1) is 6.33 Å². The van der Waals surface area contributed by atoms with Gasteiger partial charge >= 0.3 is 0 Å². The molecule has 0 aliphatic heterocycles. The van der Waals surface area contributed by atoms with Gasteiger partial charge in [0, 0.05) is 0 Å². The van der Waals surface area contributed by atoms with E-state index < -0.39 is 0 Å². The normalized spacial score (nSPS) is 31.1. The van der Waals surface area contributed by atoms with E-state index in [9.17, 15) is 4.39 Å². The molecule has 0 aromatic heterocycles. The SMILES string of the molecule is FC=CC1=C2CCC(C1)C2. The van der Waals surface area contributed by atoms with Crippen molar-refractivity contribution in [3.05, 3.63) is 23.6 Å². The highest BCUT2D eigenvalue weighted by atomic mass is 19.1. The summed E-state index contributed by atoms with van der Waals surface area (Å²) in [5.41, 5.74) is 2.79. The predicted molar refractivity (Wildman–Crippen MR) is 39.2 cm³/mol. The van der Waals surface area contributed by atoms with Gasteiger partial charge in [-0.05, 0) is 43.3 Å². The summed E-state index contributed by atoms with van der Waals surface area (Å²) in [6, 6.07) is 0. The van der Waals surface area contributed by atoms with Gasteiger partial charge in [0.2, 0.25) is 0 Å². The molecule has 10 heavy (non-hydrogen) atoms. The van der Waals surface area contributed by atoms with Crippen LogP contribution in [-0.4, -0.2) is 0 Å². The summed E-state index contributed by atoms with van der Waals surface area (Å²) < 4.78 is 11.8. The van der Waals surface area contributed by atoms with E-state index in [4.69, 9.17) is 0 Å². The first-order chi connectivity index (χ1) is 4.90. The first-order valence-electron chi connectivity index (χ1n) is 3.88. The average molecular weight is 138 g/mol. The highest BCUT2D eigenvalue weighted by Crippen LogP contribution is 2.44. The summed E-state index contributed by atoms with van der Waals surface area (Å²) in [6.07, 6.45) is 7.26. The minimum atomic E-state index is 0.670. The van der Waals surface area contributed by atoms with Crippen LogP contribution < -0.4 is 0 Å². The van der Waals surface area contributed by atoms with Crippen LogP contribution in [0.1, 0.15) is 25.7 Å². The second kappa shape index (κ2) is 2.22. The molecular weight excluding hydrogens is 127 g/mol. The van der Waals surface area contributed by atoms with E-state index in [0.29, 0.717) is 6.33 Å². The Bertz CT molecular complexity index is 201. The summed E-state index contributed by atoms with van der Waals surface area (Å²) in [4.78, 5) is 0. The zero-order valence-electron chi connectivity index (χ0n) is 5.94. The van der Waals surface area contributed by atoms with Crippen LogP contribution in [0.3, 0.4) is 0 Å². The third kappa shape index (κ3) is 0.808. The number of allylic oxidation sites excluding steroid dienone is 3. The van der Waals surface area contributed by atoms with Gasteiger partial charge in [0.25, 0.3) is 0 Å². The zero-order valence-corrected chi connectivity index (χ0v) is 5.94. The molecule has 1 heteroatoms. The highest BCUT2D eigenvalue weighted by Gasteiger charge is 2.28. The van der Waals surface area contributed by atoms with E-state index >= 15 is 0 Å². The largest absolute Gasteiger partial charge is 0.216 e. The average Bonchev–Trinajstić information content (AvgIpc) is 2.48. The van der Waals surface area contributed by atoms with Crippen molar-refractivity contribution in [2.75, 3.05) is 0 Å². The van der Waals surface area contributed by atoms with Crippen LogP contribution in [0, 0.1) is 5.92 Å². The monoisotopic (exact) mass is 138 g/mol. The second-order valence-corrected chi connectivity index (χ2v) is 3.23. The molecule has 0 heterocycles.